The Morgan fingerprint density at radius 3 is 2.62 bits per heavy atom. The van der Waals surface area contributed by atoms with E-state index >= 15 is 0 Å². The lowest BCUT2D eigenvalue weighted by atomic mass is 10.1. The van der Waals surface area contributed by atoms with E-state index in [9.17, 15) is 4.39 Å². The number of hydrogen-bond acceptors (Lipinski definition) is 2. The largest absolute Gasteiger partial charge is 0.396 e. The molecule has 1 N–H and O–H groups in total. The highest BCUT2D eigenvalue weighted by Crippen LogP contribution is 2.18. The summed E-state index contributed by atoms with van der Waals surface area (Å²) in [7, 11) is 3.59. The normalized spacial score (nSPS) is 10.2. The van der Waals surface area contributed by atoms with Crippen molar-refractivity contribution in [2.75, 3.05) is 25.6 Å². The van der Waals surface area contributed by atoms with Crippen molar-refractivity contribution in [3.63, 3.8) is 0 Å². The number of aliphatic hydroxyl groups is 1. The number of aliphatic hydroxyl groups excluding tert-OH is 1. The van der Waals surface area contributed by atoms with Crippen LogP contribution < -0.4 is 4.90 Å². The second kappa shape index (κ2) is 4.23. The smallest absolute Gasteiger partial charge is 0.146 e. The van der Waals surface area contributed by atoms with E-state index in [4.69, 9.17) is 5.11 Å². The summed E-state index contributed by atoms with van der Waals surface area (Å²) in [5, 5.41) is 8.71. The Morgan fingerprint density at radius 1 is 1.38 bits per heavy atom. The first-order valence-electron chi connectivity index (χ1n) is 4.21. The second-order valence-corrected chi connectivity index (χ2v) is 3.15. The Kier molecular flexibility index (Phi) is 3.25. The van der Waals surface area contributed by atoms with Gasteiger partial charge in [-0.15, -0.1) is 0 Å². The Hall–Kier alpha value is -1.09. The van der Waals surface area contributed by atoms with Gasteiger partial charge in [0.25, 0.3) is 0 Å². The Morgan fingerprint density at radius 2 is 2.08 bits per heavy atom. The number of benzene rings is 1. The number of hydrogen-bond donors (Lipinski definition) is 1. The molecule has 1 aromatic carbocycles. The minimum absolute atomic E-state index is 0.0957. The van der Waals surface area contributed by atoms with Crippen LogP contribution in [0.5, 0.6) is 0 Å². The SMILES string of the molecule is CN(C)c1cc(CCO)ccc1F. The topological polar surface area (TPSA) is 23.5 Å². The molecular weight excluding hydrogens is 169 g/mol. The minimum Gasteiger partial charge on any atom is -0.396 e. The predicted molar refractivity (Wildman–Crippen MR) is 51.5 cm³/mol. The lowest BCUT2D eigenvalue weighted by molar-refractivity contribution is 0.299. The number of anilines is 1. The molecule has 0 amide bonds. The molecule has 0 radical (unpaired) electrons. The van der Waals surface area contributed by atoms with Gasteiger partial charge in [-0.25, -0.2) is 4.39 Å². The maximum atomic E-state index is 13.2. The van der Waals surface area contributed by atoms with E-state index in [0.29, 0.717) is 12.1 Å². The summed E-state index contributed by atoms with van der Waals surface area (Å²) in [6.07, 6.45) is 0.571. The van der Waals surface area contributed by atoms with Gasteiger partial charge in [0.1, 0.15) is 5.82 Å². The summed E-state index contributed by atoms with van der Waals surface area (Å²) < 4.78 is 13.2. The van der Waals surface area contributed by atoms with E-state index in [1.165, 1.54) is 6.07 Å². The van der Waals surface area contributed by atoms with Crippen molar-refractivity contribution in [2.45, 2.75) is 6.42 Å². The van der Waals surface area contributed by atoms with E-state index < -0.39 is 0 Å². The number of rotatable bonds is 3. The van der Waals surface area contributed by atoms with Crippen LogP contribution >= 0.6 is 0 Å². The van der Waals surface area contributed by atoms with Gasteiger partial charge in [-0.3, -0.25) is 0 Å². The van der Waals surface area contributed by atoms with Crippen LogP contribution in [0.2, 0.25) is 0 Å². The molecule has 0 aliphatic rings. The van der Waals surface area contributed by atoms with Gasteiger partial charge >= 0.3 is 0 Å². The van der Waals surface area contributed by atoms with Crippen LogP contribution in [-0.2, 0) is 6.42 Å². The quantitative estimate of drug-likeness (QED) is 0.766. The van der Waals surface area contributed by atoms with Gasteiger partial charge in [-0.2, -0.15) is 0 Å². The third-order valence-electron chi connectivity index (χ3n) is 1.89. The van der Waals surface area contributed by atoms with Crippen LogP contribution in [0.1, 0.15) is 5.56 Å². The zero-order valence-electron chi connectivity index (χ0n) is 7.92. The molecule has 0 aliphatic carbocycles. The molecule has 0 aromatic heterocycles. The predicted octanol–water partition coefficient (Wildman–Crippen LogP) is 1.43. The molecule has 1 rings (SSSR count). The molecule has 3 heteroatoms. The second-order valence-electron chi connectivity index (χ2n) is 3.15. The molecule has 0 aliphatic heterocycles. The van der Waals surface area contributed by atoms with Gasteiger partial charge < -0.3 is 10.0 Å². The summed E-state index contributed by atoms with van der Waals surface area (Å²) in [6.45, 7) is 0.0957. The van der Waals surface area contributed by atoms with Gasteiger partial charge in [0.05, 0.1) is 5.69 Å². The van der Waals surface area contributed by atoms with Crippen LogP contribution in [0.25, 0.3) is 0 Å². The Labute approximate surface area is 77.6 Å². The van der Waals surface area contributed by atoms with E-state index in [0.717, 1.165) is 5.56 Å². The van der Waals surface area contributed by atoms with E-state index in [1.54, 1.807) is 31.1 Å². The number of halogens is 1. The van der Waals surface area contributed by atoms with Crippen molar-refractivity contribution >= 4 is 5.69 Å². The highest BCUT2D eigenvalue weighted by atomic mass is 19.1. The molecule has 13 heavy (non-hydrogen) atoms. The first-order chi connectivity index (χ1) is 6.15. The average Bonchev–Trinajstić information content (AvgIpc) is 2.08. The van der Waals surface area contributed by atoms with Crippen molar-refractivity contribution < 1.29 is 9.50 Å². The maximum absolute atomic E-state index is 13.2. The first kappa shape index (κ1) is 9.99. The average molecular weight is 183 g/mol. The third kappa shape index (κ3) is 2.42. The van der Waals surface area contributed by atoms with Gasteiger partial charge in [0.15, 0.2) is 0 Å². The molecule has 2 nitrogen and oxygen atoms in total. The van der Waals surface area contributed by atoms with Crippen molar-refractivity contribution in [2.24, 2.45) is 0 Å². The van der Waals surface area contributed by atoms with E-state index in [1.807, 2.05) is 0 Å². The van der Waals surface area contributed by atoms with Crippen molar-refractivity contribution in [3.8, 4) is 0 Å². The summed E-state index contributed by atoms with van der Waals surface area (Å²) in [4.78, 5) is 1.72. The molecule has 0 spiro atoms. The Balaban J connectivity index is 2.97. The van der Waals surface area contributed by atoms with Gasteiger partial charge in [0.2, 0.25) is 0 Å². The summed E-state index contributed by atoms with van der Waals surface area (Å²) >= 11 is 0. The Bertz CT molecular complexity index is 286. The molecule has 0 saturated heterocycles. The molecular formula is C10H14FNO. The number of nitrogens with zero attached hydrogens (tertiary/aromatic N) is 1. The summed E-state index contributed by atoms with van der Waals surface area (Å²) in [5.74, 6) is -0.230. The van der Waals surface area contributed by atoms with Crippen LogP contribution in [0.15, 0.2) is 18.2 Å². The van der Waals surface area contributed by atoms with Gasteiger partial charge in [-0.05, 0) is 24.1 Å². The monoisotopic (exact) mass is 183 g/mol. The fraction of sp³-hybridized carbons (Fsp3) is 0.400. The maximum Gasteiger partial charge on any atom is 0.146 e. The van der Waals surface area contributed by atoms with Crippen molar-refractivity contribution in [1.82, 2.24) is 0 Å². The molecule has 0 saturated carbocycles. The van der Waals surface area contributed by atoms with E-state index in [-0.39, 0.29) is 12.4 Å². The molecule has 72 valence electrons. The molecule has 0 unspecified atom stereocenters. The molecule has 0 fully saturated rings. The minimum atomic E-state index is -0.230. The van der Waals surface area contributed by atoms with Crippen LogP contribution in [0.3, 0.4) is 0 Å². The molecule has 0 bridgehead atoms. The third-order valence-corrected chi connectivity index (χ3v) is 1.89. The van der Waals surface area contributed by atoms with Crippen LogP contribution in [-0.4, -0.2) is 25.8 Å². The van der Waals surface area contributed by atoms with E-state index in [2.05, 4.69) is 0 Å². The fourth-order valence-corrected chi connectivity index (χ4v) is 1.19. The summed E-state index contributed by atoms with van der Waals surface area (Å²) in [5.41, 5.74) is 1.51. The summed E-state index contributed by atoms with van der Waals surface area (Å²) in [6, 6.07) is 4.88. The van der Waals surface area contributed by atoms with Crippen LogP contribution in [0.4, 0.5) is 10.1 Å². The fourth-order valence-electron chi connectivity index (χ4n) is 1.19. The zero-order valence-corrected chi connectivity index (χ0v) is 7.92. The molecule has 0 heterocycles. The van der Waals surface area contributed by atoms with Crippen molar-refractivity contribution in [3.05, 3.63) is 29.6 Å². The highest BCUT2D eigenvalue weighted by molar-refractivity contribution is 5.48. The molecule has 1 aromatic rings. The standard InChI is InChI=1S/C10H14FNO/c1-12(2)10-7-8(5-6-13)3-4-9(10)11/h3-4,7,13H,5-6H2,1-2H3. The van der Waals surface area contributed by atoms with Gasteiger partial charge in [0, 0.05) is 20.7 Å². The lowest BCUT2D eigenvalue weighted by Gasteiger charge is -2.14. The zero-order chi connectivity index (χ0) is 9.84. The highest BCUT2D eigenvalue weighted by Gasteiger charge is 2.04. The lowest BCUT2D eigenvalue weighted by Crippen LogP contribution is -2.11. The van der Waals surface area contributed by atoms with Crippen molar-refractivity contribution in [1.29, 1.82) is 0 Å². The van der Waals surface area contributed by atoms with Crippen LogP contribution in [0, 0.1) is 5.82 Å². The van der Waals surface area contributed by atoms with Gasteiger partial charge in [-0.1, -0.05) is 6.07 Å². The molecule has 0 atom stereocenters. The first-order valence-corrected chi connectivity index (χ1v) is 4.21.